The van der Waals surface area contributed by atoms with E-state index >= 15 is 0 Å². The molecule has 2 aromatic rings. The number of halogens is 1. The van der Waals surface area contributed by atoms with E-state index in [1.807, 2.05) is 19.2 Å². The van der Waals surface area contributed by atoms with Crippen LogP contribution in [0.3, 0.4) is 0 Å². The van der Waals surface area contributed by atoms with Gasteiger partial charge in [-0.3, -0.25) is 0 Å². The fourth-order valence-corrected chi connectivity index (χ4v) is 2.62. The van der Waals surface area contributed by atoms with Crippen molar-refractivity contribution in [1.29, 1.82) is 0 Å². The predicted molar refractivity (Wildman–Crippen MR) is 83.9 cm³/mol. The summed E-state index contributed by atoms with van der Waals surface area (Å²) in [5.41, 5.74) is 3.15. The summed E-state index contributed by atoms with van der Waals surface area (Å²) in [6.07, 6.45) is 2.77. The van der Waals surface area contributed by atoms with E-state index in [1.165, 1.54) is 17.9 Å². The van der Waals surface area contributed by atoms with Gasteiger partial charge in [0.05, 0.1) is 5.71 Å². The monoisotopic (exact) mass is 336 g/mol. The molecule has 0 aliphatic carbocycles. The summed E-state index contributed by atoms with van der Waals surface area (Å²) < 4.78 is 1.06. The number of aromatic amines is 1. The average molecular weight is 337 g/mol. The van der Waals surface area contributed by atoms with Crippen molar-refractivity contribution >= 4 is 38.5 Å². The molecular formula is C15H17BrN2O2. The zero-order valence-electron chi connectivity index (χ0n) is 11.7. The van der Waals surface area contributed by atoms with Crippen LogP contribution in [0.4, 0.5) is 0 Å². The summed E-state index contributed by atoms with van der Waals surface area (Å²) in [5.74, 6) is -0.106. The summed E-state index contributed by atoms with van der Waals surface area (Å²) >= 11 is 3.50. The van der Waals surface area contributed by atoms with Crippen molar-refractivity contribution in [3.63, 3.8) is 0 Å². The van der Waals surface area contributed by atoms with Gasteiger partial charge >= 0.3 is 5.97 Å². The Bertz CT molecular complexity index is 661. The molecule has 20 heavy (non-hydrogen) atoms. The van der Waals surface area contributed by atoms with Crippen molar-refractivity contribution in [3.8, 4) is 0 Å². The van der Waals surface area contributed by atoms with Crippen molar-refractivity contribution in [2.24, 2.45) is 5.16 Å². The first-order valence-corrected chi connectivity index (χ1v) is 7.24. The summed E-state index contributed by atoms with van der Waals surface area (Å²) in [7, 11) is 0. The van der Waals surface area contributed by atoms with E-state index in [4.69, 9.17) is 0 Å². The zero-order valence-corrected chi connectivity index (χ0v) is 13.3. The van der Waals surface area contributed by atoms with Crippen molar-refractivity contribution in [2.45, 2.75) is 33.1 Å². The molecular weight excluding hydrogens is 320 g/mol. The molecule has 1 atom stereocenters. The van der Waals surface area contributed by atoms with Gasteiger partial charge in [0.1, 0.15) is 0 Å². The zero-order chi connectivity index (χ0) is 14.7. The minimum Gasteiger partial charge on any atom is -0.361 e. The van der Waals surface area contributed by atoms with E-state index < -0.39 is 5.97 Å². The first kappa shape index (κ1) is 14.8. The Morgan fingerprint density at radius 1 is 1.45 bits per heavy atom. The summed E-state index contributed by atoms with van der Waals surface area (Å²) in [6.45, 7) is 5.35. The molecule has 0 amide bonds. The van der Waals surface area contributed by atoms with Crippen LogP contribution in [-0.4, -0.2) is 16.7 Å². The smallest absolute Gasteiger partial charge is 0.331 e. The number of carbonyl (C=O) groups excluding carboxylic acids is 1. The van der Waals surface area contributed by atoms with Crippen molar-refractivity contribution in [1.82, 2.24) is 4.98 Å². The molecule has 2 rings (SSSR count). The number of hydrogen-bond donors (Lipinski definition) is 1. The molecule has 0 aliphatic heterocycles. The molecule has 0 saturated heterocycles. The van der Waals surface area contributed by atoms with Crippen LogP contribution in [0.5, 0.6) is 0 Å². The number of nitrogens with one attached hydrogen (secondary N) is 1. The second-order valence-electron chi connectivity index (χ2n) is 4.95. The van der Waals surface area contributed by atoms with Gasteiger partial charge in [0.15, 0.2) is 0 Å². The standard InChI is InChI=1S/C15H17BrN2O2/c1-9(6-10(2)18-20-11(3)19)14-8-17-15-5-4-12(16)7-13(14)15/h4-5,7-9,17H,6H2,1-3H3/b18-10+. The maximum atomic E-state index is 10.7. The van der Waals surface area contributed by atoms with Crippen LogP contribution in [-0.2, 0) is 9.63 Å². The largest absolute Gasteiger partial charge is 0.361 e. The van der Waals surface area contributed by atoms with E-state index in [0.717, 1.165) is 22.1 Å². The van der Waals surface area contributed by atoms with E-state index in [0.29, 0.717) is 0 Å². The third kappa shape index (κ3) is 3.48. The summed E-state index contributed by atoms with van der Waals surface area (Å²) in [6, 6.07) is 6.17. The molecule has 0 saturated carbocycles. The fraction of sp³-hybridized carbons (Fsp3) is 0.333. The molecule has 0 spiro atoms. The van der Waals surface area contributed by atoms with Crippen LogP contribution in [0.1, 0.15) is 38.7 Å². The third-order valence-corrected chi connectivity index (χ3v) is 3.63. The molecule has 4 nitrogen and oxygen atoms in total. The highest BCUT2D eigenvalue weighted by atomic mass is 79.9. The second-order valence-corrected chi connectivity index (χ2v) is 5.86. The molecule has 106 valence electrons. The first-order chi connectivity index (χ1) is 9.47. The molecule has 0 bridgehead atoms. The Labute approximate surface area is 126 Å². The van der Waals surface area contributed by atoms with Gasteiger partial charge < -0.3 is 9.82 Å². The predicted octanol–water partition coefficient (Wildman–Crippen LogP) is 4.36. The Kier molecular flexibility index (Phi) is 4.60. The van der Waals surface area contributed by atoms with Gasteiger partial charge in [0.25, 0.3) is 0 Å². The molecule has 1 aromatic heterocycles. The van der Waals surface area contributed by atoms with E-state index in [-0.39, 0.29) is 5.92 Å². The van der Waals surface area contributed by atoms with Gasteiger partial charge in [-0.15, -0.1) is 0 Å². The molecule has 0 radical (unpaired) electrons. The van der Waals surface area contributed by atoms with Crippen molar-refractivity contribution in [2.75, 3.05) is 0 Å². The number of carbonyl (C=O) groups is 1. The lowest BCUT2D eigenvalue weighted by Crippen LogP contribution is -2.03. The van der Waals surface area contributed by atoms with Gasteiger partial charge in [-0.05, 0) is 43.0 Å². The van der Waals surface area contributed by atoms with Crippen LogP contribution < -0.4 is 0 Å². The lowest BCUT2D eigenvalue weighted by atomic mass is 9.95. The normalized spacial score (nSPS) is 13.5. The Morgan fingerprint density at radius 2 is 2.20 bits per heavy atom. The number of benzene rings is 1. The minimum atomic E-state index is -0.395. The fourth-order valence-electron chi connectivity index (χ4n) is 2.25. The van der Waals surface area contributed by atoms with E-state index in [2.05, 4.69) is 50.0 Å². The van der Waals surface area contributed by atoms with Gasteiger partial charge in [-0.25, -0.2) is 4.79 Å². The number of H-pyrrole nitrogens is 1. The van der Waals surface area contributed by atoms with Crippen molar-refractivity contribution in [3.05, 3.63) is 34.4 Å². The summed E-state index contributed by atoms with van der Waals surface area (Å²) in [4.78, 5) is 18.7. The number of hydrogen-bond acceptors (Lipinski definition) is 3. The molecule has 5 heteroatoms. The van der Waals surface area contributed by atoms with Gasteiger partial charge in [-0.2, -0.15) is 0 Å². The number of nitrogens with zero attached hydrogens (tertiary/aromatic N) is 1. The molecule has 1 heterocycles. The average Bonchev–Trinajstić information content (AvgIpc) is 2.79. The van der Waals surface area contributed by atoms with Crippen LogP contribution in [0.25, 0.3) is 10.9 Å². The third-order valence-electron chi connectivity index (χ3n) is 3.14. The van der Waals surface area contributed by atoms with Gasteiger partial charge in [0.2, 0.25) is 0 Å². The number of fused-ring (bicyclic) bond motifs is 1. The number of oxime groups is 1. The molecule has 1 aromatic carbocycles. The molecule has 1 N–H and O–H groups in total. The van der Waals surface area contributed by atoms with E-state index in [1.54, 1.807) is 0 Å². The van der Waals surface area contributed by atoms with E-state index in [9.17, 15) is 4.79 Å². The topological polar surface area (TPSA) is 54.4 Å². The maximum Gasteiger partial charge on any atom is 0.331 e. The number of rotatable bonds is 4. The number of aromatic nitrogens is 1. The first-order valence-electron chi connectivity index (χ1n) is 6.45. The molecule has 0 fully saturated rings. The Hall–Kier alpha value is -1.62. The maximum absolute atomic E-state index is 10.7. The quantitative estimate of drug-likeness (QED) is 0.512. The second kappa shape index (κ2) is 6.22. The highest BCUT2D eigenvalue weighted by Gasteiger charge is 2.13. The summed E-state index contributed by atoms with van der Waals surface area (Å²) in [5, 5.41) is 5.02. The Balaban J connectivity index is 2.19. The highest BCUT2D eigenvalue weighted by molar-refractivity contribution is 9.10. The van der Waals surface area contributed by atoms with Gasteiger partial charge in [-0.1, -0.05) is 28.0 Å². The molecule has 0 aliphatic rings. The van der Waals surface area contributed by atoms with Crippen LogP contribution in [0.15, 0.2) is 34.0 Å². The lowest BCUT2D eigenvalue weighted by molar-refractivity contribution is -0.140. The minimum absolute atomic E-state index is 0.289. The highest BCUT2D eigenvalue weighted by Crippen LogP contribution is 2.29. The van der Waals surface area contributed by atoms with Crippen LogP contribution in [0.2, 0.25) is 0 Å². The SMILES string of the molecule is CC(=O)O/N=C(\C)CC(C)c1c[nH]c2ccc(Br)cc12. The van der Waals surface area contributed by atoms with Crippen LogP contribution >= 0.6 is 15.9 Å². The molecule has 1 unspecified atom stereocenters. The van der Waals surface area contributed by atoms with Crippen molar-refractivity contribution < 1.29 is 9.63 Å². The van der Waals surface area contributed by atoms with Crippen LogP contribution in [0, 0.1) is 0 Å². The lowest BCUT2D eigenvalue weighted by Gasteiger charge is -2.10. The Morgan fingerprint density at radius 3 is 2.90 bits per heavy atom. The van der Waals surface area contributed by atoms with Gasteiger partial charge in [0, 0.05) is 28.5 Å².